The fourth-order valence-corrected chi connectivity index (χ4v) is 4.25. The Hall–Kier alpha value is -3.18. The number of rotatable bonds is 3. The van der Waals surface area contributed by atoms with E-state index in [9.17, 15) is 0 Å². The van der Waals surface area contributed by atoms with Crippen molar-refractivity contribution in [2.45, 2.75) is 6.04 Å². The first-order valence-electron chi connectivity index (χ1n) is 8.75. The van der Waals surface area contributed by atoms with E-state index in [0.29, 0.717) is 0 Å². The summed E-state index contributed by atoms with van der Waals surface area (Å²) < 4.78 is 6.46. The minimum atomic E-state index is -0.0737. The number of benzene rings is 3. The molecule has 132 valence electrons. The standard InChI is InChI=1S/C22H17N3OS/c1-26-15-12-10-14(11-13-15)20-16-6-2-3-7-17(16)23-21(25-20)22-24-18-8-4-5-9-19(18)27-22/h2-13,20H,1H3,(H,23,25)/t20-/m0/s1. The molecule has 1 aliphatic rings. The van der Waals surface area contributed by atoms with Crippen molar-refractivity contribution < 1.29 is 4.74 Å². The highest BCUT2D eigenvalue weighted by molar-refractivity contribution is 7.20. The van der Waals surface area contributed by atoms with Crippen LogP contribution in [-0.4, -0.2) is 17.9 Å². The van der Waals surface area contributed by atoms with Crippen LogP contribution in [0.4, 0.5) is 5.69 Å². The van der Waals surface area contributed by atoms with Crippen molar-refractivity contribution in [3.8, 4) is 5.75 Å². The van der Waals surface area contributed by atoms with E-state index >= 15 is 0 Å². The zero-order valence-corrected chi connectivity index (χ0v) is 15.5. The summed E-state index contributed by atoms with van der Waals surface area (Å²) in [7, 11) is 1.68. The lowest BCUT2D eigenvalue weighted by molar-refractivity contribution is 0.414. The van der Waals surface area contributed by atoms with Crippen molar-refractivity contribution in [3.05, 3.63) is 88.9 Å². The van der Waals surface area contributed by atoms with Gasteiger partial charge >= 0.3 is 0 Å². The number of nitrogens with zero attached hydrogens (tertiary/aromatic N) is 2. The Morgan fingerprint density at radius 1 is 0.926 bits per heavy atom. The third kappa shape index (κ3) is 2.86. The van der Waals surface area contributed by atoms with Crippen LogP contribution in [0.3, 0.4) is 0 Å². The number of hydrogen-bond acceptors (Lipinski definition) is 5. The van der Waals surface area contributed by atoms with Crippen molar-refractivity contribution in [3.63, 3.8) is 0 Å². The maximum absolute atomic E-state index is 5.29. The summed E-state index contributed by atoms with van der Waals surface area (Å²) >= 11 is 1.66. The molecule has 0 bridgehead atoms. The average Bonchev–Trinajstić information content (AvgIpc) is 3.17. The molecule has 0 fully saturated rings. The number of ether oxygens (including phenoxy) is 1. The quantitative estimate of drug-likeness (QED) is 0.534. The SMILES string of the molecule is COc1ccc([C@@H]2N=C(c3nc4ccccc4s3)Nc3ccccc32)cc1. The molecule has 0 amide bonds. The molecule has 4 aromatic rings. The summed E-state index contributed by atoms with van der Waals surface area (Å²) in [6.07, 6.45) is 0. The number of fused-ring (bicyclic) bond motifs is 2. The molecule has 1 aromatic heterocycles. The molecule has 0 unspecified atom stereocenters. The van der Waals surface area contributed by atoms with Crippen LogP contribution in [-0.2, 0) is 0 Å². The minimum Gasteiger partial charge on any atom is -0.497 e. The minimum absolute atomic E-state index is 0.0737. The third-order valence-corrected chi connectivity index (χ3v) is 5.74. The predicted octanol–water partition coefficient (Wildman–Crippen LogP) is 5.27. The Morgan fingerprint density at radius 3 is 2.52 bits per heavy atom. The first-order chi connectivity index (χ1) is 13.3. The molecule has 1 atom stereocenters. The number of thiazole rings is 1. The second-order valence-corrected chi connectivity index (χ2v) is 7.38. The fourth-order valence-electron chi connectivity index (χ4n) is 3.33. The number of amidine groups is 1. The van der Waals surface area contributed by atoms with Crippen molar-refractivity contribution in [2.75, 3.05) is 12.4 Å². The summed E-state index contributed by atoms with van der Waals surface area (Å²) in [5.74, 6) is 1.66. The van der Waals surface area contributed by atoms with Crippen molar-refractivity contribution in [2.24, 2.45) is 4.99 Å². The number of para-hydroxylation sites is 2. The van der Waals surface area contributed by atoms with Gasteiger partial charge < -0.3 is 10.1 Å². The molecule has 2 heterocycles. The lowest BCUT2D eigenvalue weighted by Gasteiger charge is -2.25. The molecule has 0 saturated carbocycles. The first kappa shape index (κ1) is 16.0. The molecule has 0 saturated heterocycles. The Morgan fingerprint density at radius 2 is 1.70 bits per heavy atom. The van der Waals surface area contributed by atoms with E-state index in [4.69, 9.17) is 14.7 Å². The van der Waals surface area contributed by atoms with Crippen LogP contribution in [0.2, 0.25) is 0 Å². The first-order valence-corrected chi connectivity index (χ1v) is 9.57. The van der Waals surface area contributed by atoms with Gasteiger partial charge in [-0.15, -0.1) is 11.3 Å². The summed E-state index contributed by atoms with van der Waals surface area (Å²) in [4.78, 5) is 9.80. The largest absolute Gasteiger partial charge is 0.497 e. The van der Waals surface area contributed by atoms with E-state index in [1.54, 1.807) is 18.4 Å². The summed E-state index contributed by atoms with van der Waals surface area (Å²) in [5, 5.41) is 4.38. The van der Waals surface area contributed by atoms with Gasteiger partial charge in [0.25, 0.3) is 0 Å². The van der Waals surface area contributed by atoms with Gasteiger partial charge in [0.05, 0.1) is 17.3 Å². The molecule has 5 rings (SSSR count). The maximum Gasteiger partial charge on any atom is 0.163 e. The zero-order chi connectivity index (χ0) is 18.2. The average molecular weight is 371 g/mol. The molecule has 0 aliphatic carbocycles. The van der Waals surface area contributed by atoms with Crippen LogP contribution in [0.5, 0.6) is 5.75 Å². The Bertz CT molecular complexity index is 1110. The van der Waals surface area contributed by atoms with E-state index in [2.05, 4.69) is 41.7 Å². The Labute approximate surface area is 161 Å². The van der Waals surface area contributed by atoms with Gasteiger partial charge in [0.1, 0.15) is 11.8 Å². The molecule has 27 heavy (non-hydrogen) atoms. The highest BCUT2D eigenvalue weighted by Crippen LogP contribution is 2.37. The normalized spacial score (nSPS) is 15.7. The van der Waals surface area contributed by atoms with Crippen molar-refractivity contribution >= 4 is 33.1 Å². The molecule has 0 spiro atoms. The lowest BCUT2D eigenvalue weighted by atomic mass is 9.96. The molecule has 1 aliphatic heterocycles. The number of nitrogens with one attached hydrogen (secondary N) is 1. The molecule has 5 heteroatoms. The number of aliphatic imine (C=N–C) groups is 1. The summed E-state index contributed by atoms with van der Waals surface area (Å²) in [6.45, 7) is 0. The Balaban J connectivity index is 1.62. The van der Waals surface area contributed by atoms with Gasteiger partial charge in [0.2, 0.25) is 0 Å². The van der Waals surface area contributed by atoms with Crippen LogP contribution < -0.4 is 10.1 Å². The second-order valence-electron chi connectivity index (χ2n) is 6.35. The lowest BCUT2D eigenvalue weighted by Crippen LogP contribution is -2.21. The van der Waals surface area contributed by atoms with E-state index in [1.165, 1.54) is 0 Å². The van der Waals surface area contributed by atoms with Gasteiger partial charge in [0.15, 0.2) is 10.8 Å². The molecule has 4 nitrogen and oxygen atoms in total. The van der Waals surface area contributed by atoms with Gasteiger partial charge in [-0.2, -0.15) is 0 Å². The number of anilines is 1. The van der Waals surface area contributed by atoms with Crippen LogP contribution in [0.1, 0.15) is 22.2 Å². The molecular formula is C22H17N3OS. The number of aromatic nitrogens is 1. The highest BCUT2D eigenvalue weighted by atomic mass is 32.1. The van der Waals surface area contributed by atoms with E-state index in [1.807, 2.05) is 36.4 Å². The topological polar surface area (TPSA) is 46.5 Å². The molecule has 3 aromatic carbocycles. The number of methoxy groups -OCH3 is 1. The predicted molar refractivity (Wildman–Crippen MR) is 111 cm³/mol. The summed E-state index contributed by atoms with van der Waals surface area (Å²) in [5.41, 5.74) is 4.36. The highest BCUT2D eigenvalue weighted by Gasteiger charge is 2.24. The van der Waals surface area contributed by atoms with Crippen LogP contribution >= 0.6 is 11.3 Å². The van der Waals surface area contributed by atoms with Gasteiger partial charge in [0, 0.05) is 11.3 Å². The monoisotopic (exact) mass is 371 g/mol. The fraction of sp³-hybridized carbons (Fsp3) is 0.0909. The van der Waals surface area contributed by atoms with Gasteiger partial charge in [-0.05, 0) is 35.9 Å². The van der Waals surface area contributed by atoms with Crippen LogP contribution in [0.15, 0.2) is 77.8 Å². The zero-order valence-electron chi connectivity index (χ0n) is 14.7. The smallest absolute Gasteiger partial charge is 0.163 e. The van der Waals surface area contributed by atoms with Gasteiger partial charge in [-0.1, -0.05) is 42.5 Å². The van der Waals surface area contributed by atoms with Crippen molar-refractivity contribution in [1.82, 2.24) is 4.98 Å². The number of hydrogen-bond donors (Lipinski definition) is 1. The summed E-state index contributed by atoms with van der Waals surface area (Å²) in [6, 6.07) is 24.5. The molecule has 0 radical (unpaired) electrons. The second kappa shape index (κ2) is 6.52. The van der Waals surface area contributed by atoms with E-state index in [-0.39, 0.29) is 6.04 Å². The molecular weight excluding hydrogens is 354 g/mol. The van der Waals surface area contributed by atoms with Gasteiger partial charge in [-0.25, -0.2) is 4.98 Å². The van der Waals surface area contributed by atoms with Crippen molar-refractivity contribution in [1.29, 1.82) is 0 Å². The van der Waals surface area contributed by atoms with Gasteiger partial charge in [-0.3, -0.25) is 4.99 Å². The maximum atomic E-state index is 5.29. The molecule has 1 N–H and O–H groups in total. The van der Waals surface area contributed by atoms with Crippen LogP contribution in [0, 0.1) is 0 Å². The van der Waals surface area contributed by atoms with Crippen LogP contribution in [0.25, 0.3) is 10.2 Å². The van der Waals surface area contributed by atoms with E-state index < -0.39 is 0 Å². The Kier molecular flexibility index (Phi) is 3.87. The third-order valence-electron chi connectivity index (χ3n) is 4.69. The van der Waals surface area contributed by atoms with E-state index in [0.717, 1.165) is 43.6 Å².